The van der Waals surface area contributed by atoms with Gasteiger partial charge in [-0.25, -0.2) is 20.8 Å². The molecule has 2 aromatic rings. The molecule has 0 radical (unpaired) electrons. The number of benzene rings is 1. The molecule has 25 heavy (non-hydrogen) atoms. The van der Waals surface area contributed by atoms with Gasteiger partial charge in [0.1, 0.15) is 6.04 Å². The molecule has 0 bridgehead atoms. The fourth-order valence-electron chi connectivity index (χ4n) is 3.42. The van der Waals surface area contributed by atoms with Crippen molar-refractivity contribution in [1.82, 2.24) is 25.7 Å². The van der Waals surface area contributed by atoms with Crippen molar-refractivity contribution < 1.29 is 4.79 Å². The summed E-state index contributed by atoms with van der Waals surface area (Å²) in [5.74, 6) is 0.902. The summed E-state index contributed by atoms with van der Waals surface area (Å²) in [6.07, 6.45) is 4.26. The maximum Gasteiger partial charge on any atom is 0.241 e. The third-order valence-corrected chi connectivity index (χ3v) is 4.83. The van der Waals surface area contributed by atoms with Gasteiger partial charge in [0.2, 0.25) is 11.9 Å². The van der Waals surface area contributed by atoms with Crippen LogP contribution >= 0.6 is 0 Å². The van der Waals surface area contributed by atoms with Gasteiger partial charge >= 0.3 is 0 Å². The predicted octanol–water partition coefficient (Wildman–Crippen LogP) is 0.733. The van der Waals surface area contributed by atoms with Gasteiger partial charge < -0.3 is 9.80 Å². The number of carbonyl (C=O) groups excluding carboxylic acids is 1. The molecule has 0 saturated carbocycles. The number of anilines is 1. The van der Waals surface area contributed by atoms with Crippen LogP contribution in [0.2, 0.25) is 0 Å². The van der Waals surface area contributed by atoms with E-state index in [4.69, 9.17) is 0 Å². The van der Waals surface area contributed by atoms with Crippen molar-refractivity contribution in [3.8, 4) is 0 Å². The Morgan fingerprint density at radius 1 is 0.960 bits per heavy atom. The van der Waals surface area contributed by atoms with Crippen LogP contribution in [0, 0.1) is 0 Å². The topological polar surface area (TPSA) is 73.4 Å². The molecule has 7 heteroatoms. The van der Waals surface area contributed by atoms with Gasteiger partial charge in [-0.3, -0.25) is 4.79 Å². The summed E-state index contributed by atoms with van der Waals surface area (Å²) in [6.45, 7) is 2.92. The first-order chi connectivity index (χ1) is 12.3. The highest BCUT2D eigenvalue weighted by Gasteiger charge is 2.34. The van der Waals surface area contributed by atoms with Crippen LogP contribution in [-0.4, -0.2) is 53.0 Å². The van der Waals surface area contributed by atoms with Crippen LogP contribution in [0.5, 0.6) is 0 Å². The molecule has 7 nitrogen and oxygen atoms in total. The zero-order valence-corrected chi connectivity index (χ0v) is 14.0. The van der Waals surface area contributed by atoms with Gasteiger partial charge in [0.05, 0.1) is 0 Å². The number of nitrogens with one attached hydrogen (secondary N) is 2. The first kappa shape index (κ1) is 16.0. The molecule has 2 unspecified atom stereocenters. The molecule has 2 saturated heterocycles. The lowest BCUT2D eigenvalue weighted by molar-refractivity contribution is -0.133. The van der Waals surface area contributed by atoms with E-state index in [1.54, 1.807) is 12.4 Å². The van der Waals surface area contributed by atoms with E-state index in [9.17, 15) is 4.79 Å². The molecule has 2 aliphatic rings. The zero-order chi connectivity index (χ0) is 17.1. The molecule has 1 amide bonds. The summed E-state index contributed by atoms with van der Waals surface area (Å²) in [5, 5.41) is 0. The minimum Gasteiger partial charge on any atom is -0.338 e. The third kappa shape index (κ3) is 3.47. The molecule has 1 aromatic heterocycles. The fraction of sp³-hybridized carbons (Fsp3) is 0.389. The second kappa shape index (κ2) is 7.16. The Kier molecular flexibility index (Phi) is 4.58. The maximum absolute atomic E-state index is 12.8. The zero-order valence-electron chi connectivity index (χ0n) is 14.0. The van der Waals surface area contributed by atoms with Crippen molar-refractivity contribution in [2.75, 3.05) is 31.1 Å². The lowest BCUT2D eigenvalue weighted by Crippen LogP contribution is -2.54. The number of piperazine rings is 1. The number of hydrazine groups is 1. The number of aromatic nitrogens is 2. The van der Waals surface area contributed by atoms with Crippen LogP contribution in [-0.2, 0) is 4.79 Å². The van der Waals surface area contributed by atoms with Gasteiger partial charge in [0, 0.05) is 44.6 Å². The molecular weight excluding hydrogens is 316 g/mol. The lowest BCUT2D eigenvalue weighted by atomic mass is 10.0. The lowest BCUT2D eigenvalue weighted by Gasteiger charge is -2.35. The fourth-order valence-corrected chi connectivity index (χ4v) is 3.42. The molecule has 2 N–H and O–H groups in total. The Hall–Kier alpha value is -2.51. The Labute approximate surface area is 147 Å². The minimum absolute atomic E-state index is 0.166. The Bertz CT molecular complexity index is 702. The number of nitrogens with zero attached hydrogens (tertiary/aromatic N) is 4. The number of hydrogen-bond acceptors (Lipinski definition) is 6. The molecular formula is C18H22N6O. The molecule has 2 aliphatic heterocycles. The van der Waals surface area contributed by atoms with Crippen molar-refractivity contribution in [1.29, 1.82) is 0 Å². The average molecular weight is 338 g/mol. The molecule has 3 heterocycles. The van der Waals surface area contributed by atoms with Crippen LogP contribution in [0.15, 0.2) is 48.8 Å². The largest absolute Gasteiger partial charge is 0.338 e. The van der Waals surface area contributed by atoms with E-state index in [0.29, 0.717) is 13.1 Å². The van der Waals surface area contributed by atoms with Gasteiger partial charge in [-0.05, 0) is 18.1 Å². The van der Waals surface area contributed by atoms with Crippen molar-refractivity contribution in [2.45, 2.75) is 18.5 Å². The molecule has 4 rings (SSSR count). The Morgan fingerprint density at radius 3 is 2.40 bits per heavy atom. The molecule has 1 aromatic carbocycles. The minimum atomic E-state index is -0.176. The van der Waals surface area contributed by atoms with E-state index in [-0.39, 0.29) is 18.0 Å². The van der Waals surface area contributed by atoms with E-state index in [1.807, 2.05) is 29.2 Å². The molecule has 0 aliphatic carbocycles. The summed E-state index contributed by atoms with van der Waals surface area (Å²) in [6, 6.07) is 12.0. The van der Waals surface area contributed by atoms with Crippen molar-refractivity contribution in [3.05, 3.63) is 54.4 Å². The third-order valence-electron chi connectivity index (χ3n) is 4.83. The van der Waals surface area contributed by atoms with Crippen LogP contribution < -0.4 is 15.8 Å². The smallest absolute Gasteiger partial charge is 0.241 e. The van der Waals surface area contributed by atoms with E-state index in [1.165, 1.54) is 5.56 Å². The van der Waals surface area contributed by atoms with Gasteiger partial charge in [0.15, 0.2) is 0 Å². The normalized spacial score (nSPS) is 23.7. The summed E-state index contributed by atoms with van der Waals surface area (Å²) < 4.78 is 0. The Balaban J connectivity index is 1.32. The second-order valence-corrected chi connectivity index (χ2v) is 6.40. The summed E-state index contributed by atoms with van der Waals surface area (Å²) in [4.78, 5) is 25.4. The molecule has 2 fully saturated rings. The van der Waals surface area contributed by atoms with Crippen LogP contribution in [0.1, 0.15) is 18.0 Å². The molecule has 2 atom stereocenters. The number of amides is 1. The van der Waals surface area contributed by atoms with Crippen molar-refractivity contribution in [2.24, 2.45) is 0 Å². The summed E-state index contributed by atoms with van der Waals surface area (Å²) in [7, 11) is 0. The summed E-state index contributed by atoms with van der Waals surface area (Å²) >= 11 is 0. The first-order valence-corrected chi connectivity index (χ1v) is 8.68. The van der Waals surface area contributed by atoms with Crippen molar-refractivity contribution in [3.63, 3.8) is 0 Å². The van der Waals surface area contributed by atoms with Crippen LogP contribution in [0.4, 0.5) is 5.95 Å². The van der Waals surface area contributed by atoms with Gasteiger partial charge in [-0.2, -0.15) is 0 Å². The number of carbonyl (C=O) groups is 1. The van der Waals surface area contributed by atoms with Gasteiger partial charge in [-0.15, -0.1) is 0 Å². The molecule has 0 spiro atoms. The Morgan fingerprint density at radius 2 is 1.68 bits per heavy atom. The predicted molar refractivity (Wildman–Crippen MR) is 94.7 cm³/mol. The highest BCUT2D eigenvalue weighted by molar-refractivity contribution is 5.82. The van der Waals surface area contributed by atoms with Crippen LogP contribution in [0.25, 0.3) is 0 Å². The quantitative estimate of drug-likeness (QED) is 0.860. The van der Waals surface area contributed by atoms with E-state index in [2.05, 4.69) is 37.9 Å². The first-order valence-electron chi connectivity index (χ1n) is 8.68. The van der Waals surface area contributed by atoms with E-state index < -0.39 is 0 Å². The standard InChI is InChI=1S/C18H22N6O/c25-17(16-13-15(21-22-16)14-5-2-1-3-6-14)23-9-11-24(12-10-23)18-19-7-4-8-20-18/h1-8,15-16,21-22H,9-13H2. The molecule has 130 valence electrons. The monoisotopic (exact) mass is 338 g/mol. The average Bonchev–Trinajstić information content (AvgIpc) is 3.19. The summed E-state index contributed by atoms with van der Waals surface area (Å²) in [5.41, 5.74) is 7.62. The SMILES string of the molecule is O=C(C1CC(c2ccccc2)NN1)N1CCN(c2ncccn2)CC1. The van der Waals surface area contributed by atoms with E-state index in [0.717, 1.165) is 25.5 Å². The highest BCUT2D eigenvalue weighted by Crippen LogP contribution is 2.23. The number of rotatable bonds is 3. The maximum atomic E-state index is 12.8. The number of hydrogen-bond donors (Lipinski definition) is 2. The second-order valence-electron chi connectivity index (χ2n) is 6.40. The van der Waals surface area contributed by atoms with E-state index >= 15 is 0 Å². The highest BCUT2D eigenvalue weighted by atomic mass is 16.2. The van der Waals surface area contributed by atoms with Crippen molar-refractivity contribution >= 4 is 11.9 Å². The van der Waals surface area contributed by atoms with Gasteiger partial charge in [-0.1, -0.05) is 30.3 Å². The van der Waals surface area contributed by atoms with Gasteiger partial charge in [0.25, 0.3) is 0 Å². The van der Waals surface area contributed by atoms with Crippen LogP contribution in [0.3, 0.4) is 0 Å².